The first-order chi connectivity index (χ1) is 11.7. The number of thioether (sulfide) groups is 1. The third kappa shape index (κ3) is 3.76. The summed E-state index contributed by atoms with van der Waals surface area (Å²) in [5.41, 5.74) is 2.31. The van der Waals surface area contributed by atoms with E-state index in [-0.39, 0.29) is 11.2 Å². The summed E-state index contributed by atoms with van der Waals surface area (Å²) in [5, 5.41) is 11.1. The van der Waals surface area contributed by atoms with Gasteiger partial charge >= 0.3 is 0 Å². The predicted molar refractivity (Wildman–Crippen MR) is 103 cm³/mol. The quantitative estimate of drug-likeness (QED) is 0.591. The highest BCUT2D eigenvalue weighted by Gasteiger charge is 2.37. The molecule has 0 bridgehead atoms. The second-order valence-electron chi connectivity index (χ2n) is 5.51. The van der Waals surface area contributed by atoms with Gasteiger partial charge in [0.05, 0.1) is 18.0 Å². The molecule has 0 unspecified atom stereocenters. The number of hydrogen-bond donors (Lipinski definition) is 0. The monoisotopic (exact) mass is 357 g/mol. The van der Waals surface area contributed by atoms with Crippen LogP contribution in [0.15, 0.2) is 52.0 Å². The van der Waals surface area contributed by atoms with E-state index in [1.807, 2.05) is 36.6 Å². The summed E-state index contributed by atoms with van der Waals surface area (Å²) in [4.78, 5) is 15.4. The second-order valence-corrected chi connectivity index (χ2v) is 7.66. The van der Waals surface area contributed by atoms with Crippen LogP contribution in [0.4, 0.5) is 0 Å². The van der Waals surface area contributed by atoms with Gasteiger partial charge in [-0.15, -0.1) is 16.4 Å². The van der Waals surface area contributed by atoms with Gasteiger partial charge in [-0.1, -0.05) is 49.0 Å². The van der Waals surface area contributed by atoms with Crippen molar-refractivity contribution < 1.29 is 4.79 Å². The number of aryl methyl sites for hydroxylation is 1. The maximum absolute atomic E-state index is 12.6. The molecule has 1 atom stereocenters. The molecule has 1 amide bonds. The molecule has 3 rings (SSSR count). The Morgan fingerprint density at radius 2 is 2.08 bits per heavy atom. The summed E-state index contributed by atoms with van der Waals surface area (Å²) in [5.74, 6) is 0.121. The van der Waals surface area contributed by atoms with Gasteiger partial charge < -0.3 is 0 Å². The molecule has 0 N–H and O–H groups in total. The fourth-order valence-electron chi connectivity index (χ4n) is 2.45. The molecule has 24 heavy (non-hydrogen) atoms. The van der Waals surface area contributed by atoms with Crippen LogP contribution in [0.1, 0.15) is 29.3 Å². The average Bonchev–Trinajstić information content (AvgIpc) is 3.19. The summed E-state index contributed by atoms with van der Waals surface area (Å²) in [6, 6.07) is 12.1. The lowest BCUT2D eigenvalue weighted by Crippen LogP contribution is -2.31. The van der Waals surface area contributed by atoms with E-state index in [9.17, 15) is 4.79 Å². The van der Waals surface area contributed by atoms with Gasteiger partial charge in [-0.3, -0.25) is 9.69 Å². The molecule has 1 aromatic heterocycles. The van der Waals surface area contributed by atoms with Gasteiger partial charge in [0, 0.05) is 4.88 Å². The Balaban J connectivity index is 1.82. The molecule has 4 nitrogen and oxygen atoms in total. The van der Waals surface area contributed by atoms with E-state index in [0.717, 1.165) is 16.9 Å². The van der Waals surface area contributed by atoms with Gasteiger partial charge in [-0.2, -0.15) is 5.10 Å². The van der Waals surface area contributed by atoms with E-state index in [1.54, 1.807) is 22.5 Å². The maximum atomic E-state index is 12.6. The Morgan fingerprint density at radius 1 is 1.25 bits per heavy atom. The predicted octanol–water partition coefficient (Wildman–Crippen LogP) is 4.30. The molecule has 0 aliphatic carbocycles. The molecular formula is C18H19N3OS2. The van der Waals surface area contributed by atoms with E-state index in [0.29, 0.717) is 11.7 Å². The SMILES string of the molecule is CC[C@H]1S/C(=N\N=C/c2cccs2)N(Cc2ccccc2C)C1=O. The summed E-state index contributed by atoms with van der Waals surface area (Å²) in [6.07, 6.45) is 2.52. The lowest BCUT2D eigenvalue weighted by Gasteiger charge is -2.17. The van der Waals surface area contributed by atoms with Crippen molar-refractivity contribution in [1.29, 1.82) is 0 Å². The average molecular weight is 358 g/mol. The van der Waals surface area contributed by atoms with Crippen LogP contribution in [0.5, 0.6) is 0 Å². The Kier molecular flexibility index (Phi) is 5.48. The van der Waals surface area contributed by atoms with E-state index >= 15 is 0 Å². The zero-order valence-corrected chi connectivity index (χ0v) is 15.3. The normalized spacial score (nSPS) is 19.8. The van der Waals surface area contributed by atoms with E-state index in [4.69, 9.17) is 0 Å². The molecule has 1 aromatic carbocycles. The Morgan fingerprint density at radius 3 is 2.79 bits per heavy atom. The first-order valence-electron chi connectivity index (χ1n) is 7.86. The highest BCUT2D eigenvalue weighted by Crippen LogP contribution is 2.31. The zero-order chi connectivity index (χ0) is 16.9. The van der Waals surface area contributed by atoms with Crippen LogP contribution in [0.2, 0.25) is 0 Å². The van der Waals surface area contributed by atoms with Crippen molar-refractivity contribution in [2.24, 2.45) is 10.2 Å². The van der Waals surface area contributed by atoms with Gasteiger partial charge in [-0.05, 0) is 35.9 Å². The molecule has 0 radical (unpaired) electrons. The highest BCUT2D eigenvalue weighted by molar-refractivity contribution is 8.15. The van der Waals surface area contributed by atoms with Crippen LogP contribution in [-0.2, 0) is 11.3 Å². The largest absolute Gasteiger partial charge is 0.284 e. The fraction of sp³-hybridized carbons (Fsp3) is 0.278. The van der Waals surface area contributed by atoms with E-state index < -0.39 is 0 Å². The first-order valence-corrected chi connectivity index (χ1v) is 9.62. The van der Waals surface area contributed by atoms with Gasteiger partial charge in [0.2, 0.25) is 5.91 Å². The molecule has 1 aliphatic rings. The molecular weight excluding hydrogens is 338 g/mol. The number of amides is 1. The van der Waals surface area contributed by atoms with Gasteiger partial charge in [0.15, 0.2) is 5.17 Å². The van der Waals surface area contributed by atoms with Gasteiger partial charge in [0.1, 0.15) is 0 Å². The van der Waals surface area contributed by atoms with Crippen molar-refractivity contribution in [3.63, 3.8) is 0 Å². The standard InChI is InChI=1S/C18H19N3OS2/c1-3-16-17(22)21(12-14-8-5-4-7-13(14)2)18(24-16)20-19-11-15-9-6-10-23-15/h4-11,16H,3,12H2,1-2H3/b19-11-,20-18-/t16-/m1/s1. The van der Waals surface area contributed by atoms with Crippen LogP contribution in [0.25, 0.3) is 0 Å². The van der Waals surface area contributed by atoms with Crippen LogP contribution < -0.4 is 0 Å². The van der Waals surface area contributed by atoms with Gasteiger partial charge in [0.25, 0.3) is 0 Å². The van der Waals surface area contributed by atoms with E-state index in [2.05, 4.69) is 29.3 Å². The number of carbonyl (C=O) groups excluding carboxylic acids is 1. The lowest BCUT2D eigenvalue weighted by atomic mass is 10.1. The number of benzene rings is 1. The summed E-state index contributed by atoms with van der Waals surface area (Å²) in [6.45, 7) is 4.63. The maximum Gasteiger partial charge on any atom is 0.242 e. The Labute approximate surface area is 150 Å². The summed E-state index contributed by atoms with van der Waals surface area (Å²) in [7, 11) is 0. The lowest BCUT2D eigenvalue weighted by molar-refractivity contribution is -0.126. The zero-order valence-electron chi connectivity index (χ0n) is 13.7. The van der Waals surface area contributed by atoms with E-state index in [1.165, 1.54) is 17.3 Å². The van der Waals surface area contributed by atoms with Gasteiger partial charge in [-0.25, -0.2) is 0 Å². The molecule has 0 spiro atoms. The molecule has 6 heteroatoms. The number of hydrogen-bond acceptors (Lipinski definition) is 5. The van der Waals surface area contributed by atoms with Crippen molar-refractivity contribution in [3.05, 3.63) is 57.8 Å². The van der Waals surface area contributed by atoms with Crippen LogP contribution >= 0.6 is 23.1 Å². The van der Waals surface area contributed by atoms with Crippen LogP contribution in [0, 0.1) is 6.92 Å². The molecule has 2 aromatic rings. The number of nitrogens with zero attached hydrogens (tertiary/aromatic N) is 3. The Bertz CT molecular complexity index is 768. The van der Waals surface area contributed by atoms with Crippen LogP contribution in [0.3, 0.4) is 0 Å². The minimum absolute atomic E-state index is 0.0651. The number of rotatable bonds is 5. The number of thiophene rings is 1. The topological polar surface area (TPSA) is 45.0 Å². The highest BCUT2D eigenvalue weighted by atomic mass is 32.2. The molecule has 124 valence electrons. The first kappa shape index (κ1) is 16.9. The summed E-state index contributed by atoms with van der Waals surface area (Å²) < 4.78 is 0. The number of amidine groups is 1. The third-order valence-corrected chi connectivity index (χ3v) is 5.99. The smallest absolute Gasteiger partial charge is 0.242 e. The molecule has 1 fully saturated rings. The second kappa shape index (κ2) is 7.77. The summed E-state index contributed by atoms with van der Waals surface area (Å²) >= 11 is 3.12. The van der Waals surface area contributed by atoms with Crippen molar-refractivity contribution >= 4 is 40.4 Å². The van der Waals surface area contributed by atoms with Crippen molar-refractivity contribution in [2.45, 2.75) is 32.1 Å². The third-order valence-electron chi connectivity index (χ3n) is 3.85. The van der Waals surface area contributed by atoms with Crippen molar-refractivity contribution in [2.75, 3.05) is 0 Å². The fourth-order valence-corrected chi connectivity index (χ4v) is 4.05. The number of carbonyl (C=O) groups is 1. The molecule has 1 saturated heterocycles. The minimum atomic E-state index is -0.0651. The van der Waals surface area contributed by atoms with Crippen LogP contribution in [-0.4, -0.2) is 27.4 Å². The minimum Gasteiger partial charge on any atom is -0.284 e. The Hall–Kier alpha value is -1.92. The van der Waals surface area contributed by atoms with Crippen molar-refractivity contribution in [3.8, 4) is 0 Å². The van der Waals surface area contributed by atoms with Crippen molar-refractivity contribution in [1.82, 2.24) is 4.90 Å². The molecule has 1 aliphatic heterocycles. The molecule has 2 heterocycles. The molecule has 0 saturated carbocycles.